The number of β-amino-alcohol motifs (C(OH)–C–C–N with tert-alkyl or cyclic N) is 2. The fourth-order valence-corrected chi connectivity index (χ4v) is 2.41. The molecule has 1 aliphatic rings. The van der Waals surface area contributed by atoms with Gasteiger partial charge in [-0.3, -0.25) is 4.90 Å². The Kier molecular flexibility index (Phi) is 3.56. The van der Waals surface area contributed by atoms with E-state index in [1.54, 1.807) is 6.26 Å². The Hall–Kier alpha value is -1.69. The molecule has 2 aromatic rings. The van der Waals surface area contributed by atoms with Crippen molar-refractivity contribution in [3.05, 3.63) is 41.8 Å². The fraction of sp³-hybridized carbons (Fsp3) is 0.400. The van der Waals surface area contributed by atoms with Crippen molar-refractivity contribution in [1.29, 1.82) is 0 Å². The molecule has 2 heterocycles. The Morgan fingerprint density at radius 2 is 1.85 bits per heavy atom. The van der Waals surface area contributed by atoms with Gasteiger partial charge in [0.1, 0.15) is 6.26 Å². The minimum Gasteiger partial charge on any atom is -0.444 e. The van der Waals surface area contributed by atoms with Gasteiger partial charge in [-0.05, 0) is 19.1 Å². The number of aliphatic hydroxyl groups is 2. The van der Waals surface area contributed by atoms with Crippen LogP contribution in [0.4, 0.5) is 0 Å². The minimum absolute atomic E-state index is 0.466. The van der Waals surface area contributed by atoms with Crippen LogP contribution in [0, 0.1) is 6.92 Å². The monoisotopic (exact) mass is 274 g/mol. The van der Waals surface area contributed by atoms with Crippen molar-refractivity contribution in [2.75, 3.05) is 13.1 Å². The number of likely N-dealkylation sites (tertiary alicyclic amines) is 1. The molecule has 0 aliphatic carbocycles. The van der Waals surface area contributed by atoms with Gasteiger partial charge in [-0.25, -0.2) is 4.98 Å². The van der Waals surface area contributed by atoms with E-state index in [9.17, 15) is 10.2 Å². The Bertz CT molecular complexity index is 569. The number of oxazole rings is 1. The summed E-state index contributed by atoms with van der Waals surface area (Å²) in [6.07, 6.45) is 0.295. The quantitative estimate of drug-likeness (QED) is 0.879. The summed E-state index contributed by atoms with van der Waals surface area (Å²) in [5, 5.41) is 19.0. The van der Waals surface area contributed by atoms with Crippen molar-refractivity contribution >= 4 is 0 Å². The highest BCUT2D eigenvalue weighted by Gasteiger charge is 2.29. The number of aryl methyl sites for hydroxylation is 1. The normalized spacial score (nSPS) is 23.4. The molecule has 2 atom stereocenters. The molecule has 1 aliphatic heterocycles. The number of hydrogen-bond donors (Lipinski definition) is 2. The molecule has 0 saturated carbocycles. The van der Waals surface area contributed by atoms with Crippen LogP contribution in [0.1, 0.15) is 11.3 Å². The maximum Gasteiger partial charge on any atom is 0.226 e. The van der Waals surface area contributed by atoms with Gasteiger partial charge in [0, 0.05) is 25.2 Å². The molecule has 20 heavy (non-hydrogen) atoms. The van der Waals surface area contributed by atoms with E-state index in [0.717, 1.165) is 11.3 Å². The predicted octanol–water partition coefficient (Wildman–Crippen LogP) is 1.19. The molecule has 0 spiro atoms. The lowest BCUT2D eigenvalue weighted by Gasteiger charge is -2.11. The molecule has 106 valence electrons. The van der Waals surface area contributed by atoms with E-state index < -0.39 is 12.2 Å². The number of rotatable bonds is 3. The largest absolute Gasteiger partial charge is 0.444 e. The third-order valence-corrected chi connectivity index (χ3v) is 3.57. The van der Waals surface area contributed by atoms with Gasteiger partial charge in [-0.2, -0.15) is 0 Å². The molecule has 1 saturated heterocycles. The summed E-state index contributed by atoms with van der Waals surface area (Å²) in [6, 6.07) is 8.00. The van der Waals surface area contributed by atoms with Crippen LogP contribution in [-0.4, -0.2) is 45.4 Å². The van der Waals surface area contributed by atoms with E-state index >= 15 is 0 Å². The van der Waals surface area contributed by atoms with Crippen molar-refractivity contribution in [1.82, 2.24) is 9.88 Å². The lowest BCUT2D eigenvalue weighted by Crippen LogP contribution is -2.22. The first-order chi connectivity index (χ1) is 9.61. The standard InChI is InChI=1S/C15H18N2O3/c1-10-2-4-11(5-3-10)15-16-12(9-20-15)6-17-7-13(18)14(19)8-17/h2-5,9,13-14,18-19H,6-8H2,1H3/t13-,14+. The molecule has 0 radical (unpaired) electrons. The van der Waals surface area contributed by atoms with Gasteiger partial charge in [0.05, 0.1) is 17.9 Å². The number of benzene rings is 1. The molecule has 5 nitrogen and oxygen atoms in total. The molecule has 1 fully saturated rings. The van der Waals surface area contributed by atoms with Crippen molar-refractivity contribution in [2.24, 2.45) is 0 Å². The molecule has 1 aromatic carbocycles. The van der Waals surface area contributed by atoms with Crippen LogP contribution in [0.3, 0.4) is 0 Å². The highest BCUT2D eigenvalue weighted by molar-refractivity contribution is 5.53. The van der Waals surface area contributed by atoms with Crippen LogP contribution in [-0.2, 0) is 6.54 Å². The van der Waals surface area contributed by atoms with Crippen LogP contribution in [0.15, 0.2) is 34.9 Å². The van der Waals surface area contributed by atoms with Gasteiger partial charge in [-0.15, -0.1) is 0 Å². The van der Waals surface area contributed by atoms with Gasteiger partial charge in [0.2, 0.25) is 5.89 Å². The second-order valence-electron chi connectivity index (χ2n) is 5.34. The summed E-state index contributed by atoms with van der Waals surface area (Å²) in [4.78, 5) is 6.42. The highest BCUT2D eigenvalue weighted by atomic mass is 16.3. The van der Waals surface area contributed by atoms with Crippen molar-refractivity contribution in [3.63, 3.8) is 0 Å². The summed E-state index contributed by atoms with van der Waals surface area (Å²) in [5.41, 5.74) is 2.95. The van der Waals surface area contributed by atoms with Crippen molar-refractivity contribution < 1.29 is 14.6 Å². The zero-order valence-electron chi connectivity index (χ0n) is 11.4. The van der Waals surface area contributed by atoms with E-state index in [1.807, 2.05) is 36.1 Å². The maximum absolute atomic E-state index is 9.52. The van der Waals surface area contributed by atoms with Crippen LogP contribution < -0.4 is 0 Å². The number of aliphatic hydroxyl groups excluding tert-OH is 2. The fourth-order valence-electron chi connectivity index (χ4n) is 2.41. The highest BCUT2D eigenvalue weighted by Crippen LogP contribution is 2.20. The molecule has 0 bridgehead atoms. The van der Waals surface area contributed by atoms with Gasteiger partial charge in [0.25, 0.3) is 0 Å². The molecule has 1 aromatic heterocycles. The smallest absolute Gasteiger partial charge is 0.226 e. The molecule has 3 rings (SSSR count). The first kappa shape index (κ1) is 13.3. The first-order valence-corrected chi connectivity index (χ1v) is 6.72. The lowest BCUT2D eigenvalue weighted by molar-refractivity contribution is 0.0572. The zero-order valence-corrected chi connectivity index (χ0v) is 11.4. The van der Waals surface area contributed by atoms with Crippen LogP contribution in [0.25, 0.3) is 11.5 Å². The number of aromatic nitrogens is 1. The van der Waals surface area contributed by atoms with E-state index in [4.69, 9.17) is 4.42 Å². The van der Waals surface area contributed by atoms with E-state index in [2.05, 4.69) is 4.98 Å². The van der Waals surface area contributed by atoms with Crippen LogP contribution in [0.5, 0.6) is 0 Å². The average Bonchev–Trinajstić information content (AvgIpc) is 2.99. The molecule has 0 unspecified atom stereocenters. The third-order valence-electron chi connectivity index (χ3n) is 3.57. The minimum atomic E-state index is -0.668. The van der Waals surface area contributed by atoms with E-state index in [-0.39, 0.29) is 0 Å². The van der Waals surface area contributed by atoms with Gasteiger partial charge >= 0.3 is 0 Å². The summed E-state index contributed by atoms with van der Waals surface area (Å²) < 4.78 is 5.49. The van der Waals surface area contributed by atoms with Crippen molar-refractivity contribution in [2.45, 2.75) is 25.7 Å². The molecule has 5 heteroatoms. The van der Waals surface area contributed by atoms with E-state index in [1.165, 1.54) is 5.56 Å². The van der Waals surface area contributed by atoms with Crippen LogP contribution in [0.2, 0.25) is 0 Å². The second kappa shape index (κ2) is 5.36. The summed E-state index contributed by atoms with van der Waals surface area (Å²) in [6.45, 7) is 3.54. The Morgan fingerprint density at radius 1 is 1.20 bits per heavy atom. The first-order valence-electron chi connectivity index (χ1n) is 6.72. The topological polar surface area (TPSA) is 69.7 Å². The summed E-state index contributed by atoms with van der Waals surface area (Å²) in [5.74, 6) is 0.597. The summed E-state index contributed by atoms with van der Waals surface area (Å²) in [7, 11) is 0. The molecular formula is C15H18N2O3. The lowest BCUT2D eigenvalue weighted by atomic mass is 10.1. The van der Waals surface area contributed by atoms with Gasteiger partial charge < -0.3 is 14.6 Å². The average molecular weight is 274 g/mol. The van der Waals surface area contributed by atoms with Crippen molar-refractivity contribution in [3.8, 4) is 11.5 Å². The summed E-state index contributed by atoms with van der Waals surface area (Å²) >= 11 is 0. The van der Waals surface area contributed by atoms with E-state index in [0.29, 0.717) is 25.5 Å². The predicted molar refractivity (Wildman–Crippen MR) is 74.0 cm³/mol. The Balaban J connectivity index is 1.69. The maximum atomic E-state index is 9.52. The Labute approximate surface area is 117 Å². The number of hydrogen-bond acceptors (Lipinski definition) is 5. The molecule has 2 N–H and O–H groups in total. The zero-order chi connectivity index (χ0) is 14.1. The second-order valence-corrected chi connectivity index (χ2v) is 5.34. The molecular weight excluding hydrogens is 256 g/mol. The Morgan fingerprint density at radius 3 is 2.50 bits per heavy atom. The third kappa shape index (κ3) is 2.75. The molecule has 0 amide bonds. The van der Waals surface area contributed by atoms with Gasteiger partial charge in [0.15, 0.2) is 0 Å². The van der Waals surface area contributed by atoms with Gasteiger partial charge in [-0.1, -0.05) is 17.7 Å². The number of nitrogens with zero attached hydrogens (tertiary/aromatic N) is 2. The van der Waals surface area contributed by atoms with Crippen LogP contribution >= 0.6 is 0 Å². The SMILES string of the molecule is Cc1ccc(-c2nc(CN3C[C@@H](O)[C@@H](O)C3)co2)cc1.